The SMILES string of the molecule is CC(NCc1cncn1C(C)C)c1nn[nH]n1. The van der Waals surface area contributed by atoms with E-state index in [0.717, 1.165) is 12.2 Å². The van der Waals surface area contributed by atoms with Crippen molar-refractivity contribution in [2.45, 2.75) is 39.4 Å². The van der Waals surface area contributed by atoms with Crippen molar-refractivity contribution >= 4 is 0 Å². The Morgan fingerprint density at radius 3 is 2.88 bits per heavy atom. The van der Waals surface area contributed by atoms with E-state index in [4.69, 9.17) is 0 Å². The quantitative estimate of drug-likeness (QED) is 0.801. The van der Waals surface area contributed by atoms with Gasteiger partial charge in [-0.2, -0.15) is 5.21 Å². The molecule has 0 fully saturated rings. The molecular weight excluding hydrogens is 218 g/mol. The van der Waals surface area contributed by atoms with E-state index in [1.165, 1.54) is 0 Å². The standard InChI is InChI=1S/C10H17N7/c1-7(2)17-6-11-4-9(17)5-12-8(3)10-13-15-16-14-10/h4,6-8,12H,5H2,1-3H3,(H,13,14,15,16). The van der Waals surface area contributed by atoms with Crippen molar-refractivity contribution in [2.24, 2.45) is 0 Å². The predicted molar refractivity (Wildman–Crippen MR) is 62.0 cm³/mol. The van der Waals surface area contributed by atoms with E-state index in [1.807, 2.05) is 19.4 Å². The van der Waals surface area contributed by atoms with Gasteiger partial charge in [0, 0.05) is 18.8 Å². The Morgan fingerprint density at radius 1 is 1.41 bits per heavy atom. The Morgan fingerprint density at radius 2 is 2.24 bits per heavy atom. The largest absolute Gasteiger partial charge is 0.331 e. The maximum absolute atomic E-state index is 4.16. The van der Waals surface area contributed by atoms with Gasteiger partial charge in [0.15, 0.2) is 5.82 Å². The van der Waals surface area contributed by atoms with Gasteiger partial charge in [-0.25, -0.2) is 4.98 Å². The molecule has 0 aliphatic carbocycles. The molecule has 0 radical (unpaired) electrons. The zero-order chi connectivity index (χ0) is 12.3. The molecule has 92 valence electrons. The van der Waals surface area contributed by atoms with Gasteiger partial charge in [0.05, 0.1) is 18.1 Å². The van der Waals surface area contributed by atoms with Crippen LogP contribution in [0.3, 0.4) is 0 Å². The molecular formula is C10H17N7. The second kappa shape index (κ2) is 5.05. The summed E-state index contributed by atoms with van der Waals surface area (Å²) in [6.45, 7) is 7.00. The average molecular weight is 235 g/mol. The van der Waals surface area contributed by atoms with Gasteiger partial charge in [0.25, 0.3) is 0 Å². The topological polar surface area (TPSA) is 84.3 Å². The molecule has 2 N–H and O–H groups in total. The van der Waals surface area contributed by atoms with Crippen LogP contribution < -0.4 is 5.32 Å². The zero-order valence-corrected chi connectivity index (χ0v) is 10.3. The molecule has 1 atom stereocenters. The molecule has 0 aliphatic rings. The lowest BCUT2D eigenvalue weighted by Crippen LogP contribution is -2.21. The summed E-state index contributed by atoms with van der Waals surface area (Å²) in [6.07, 6.45) is 3.72. The van der Waals surface area contributed by atoms with E-state index < -0.39 is 0 Å². The second-order valence-electron chi connectivity index (χ2n) is 4.26. The van der Waals surface area contributed by atoms with Crippen LogP contribution >= 0.6 is 0 Å². The molecule has 0 saturated heterocycles. The monoisotopic (exact) mass is 235 g/mol. The third kappa shape index (κ3) is 2.68. The van der Waals surface area contributed by atoms with Gasteiger partial charge in [-0.3, -0.25) is 0 Å². The first-order chi connectivity index (χ1) is 8.18. The summed E-state index contributed by atoms with van der Waals surface area (Å²) in [5, 5.41) is 17.2. The van der Waals surface area contributed by atoms with Crippen LogP contribution in [0.15, 0.2) is 12.5 Å². The summed E-state index contributed by atoms with van der Waals surface area (Å²) >= 11 is 0. The lowest BCUT2D eigenvalue weighted by atomic mass is 10.3. The number of imidazole rings is 1. The van der Waals surface area contributed by atoms with Crippen molar-refractivity contribution in [1.29, 1.82) is 0 Å². The minimum absolute atomic E-state index is 0.0595. The van der Waals surface area contributed by atoms with Crippen LogP contribution in [0.2, 0.25) is 0 Å². The third-order valence-electron chi connectivity index (χ3n) is 2.64. The van der Waals surface area contributed by atoms with Crippen molar-refractivity contribution in [3.05, 3.63) is 24.0 Å². The van der Waals surface area contributed by atoms with Crippen LogP contribution in [0.4, 0.5) is 0 Å². The molecule has 0 saturated carbocycles. The minimum atomic E-state index is 0.0595. The molecule has 0 spiro atoms. The van der Waals surface area contributed by atoms with Crippen molar-refractivity contribution in [3.63, 3.8) is 0 Å². The summed E-state index contributed by atoms with van der Waals surface area (Å²) < 4.78 is 2.13. The molecule has 0 bridgehead atoms. The normalized spacial score (nSPS) is 13.2. The molecule has 0 aromatic carbocycles. The lowest BCUT2D eigenvalue weighted by molar-refractivity contribution is 0.505. The predicted octanol–water partition coefficient (Wildman–Crippen LogP) is 0.828. The van der Waals surface area contributed by atoms with E-state index >= 15 is 0 Å². The van der Waals surface area contributed by atoms with E-state index in [0.29, 0.717) is 11.9 Å². The molecule has 17 heavy (non-hydrogen) atoms. The van der Waals surface area contributed by atoms with E-state index in [-0.39, 0.29) is 6.04 Å². The zero-order valence-electron chi connectivity index (χ0n) is 10.3. The first-order valence-corrected chi connectivity index (χ1v) is 5.66. The Kier molecular flexibility index (Phi) is 3.48. The van der Waals surface area contributed by atoms with Gasteiger partial charge in [-0.05, 0) is 20.8 Å². The first kappa shape index (κ1) is 11.7. The van der Waals surface area contributed by atoms with Crippen LogP contribution in [0.1, 0.15) is 44.4 Å². The van der Waals surface area contributed by atoms with Crippen molar-refractivity contribution in [3.8, 4) is 0 Å². The summed E-state index contributed by atoms with van der Waals surface area (Å²) in [5.41, 5.74) is 1.15. The van der Waals surface area contributed by atoms with Crippen LogP contribution in [-0.4, -0.2) is 30.2 Å². The lowest BCUT2D eigenvalue weighted by Gasteiger charge is -2.14. The van der Waals surface area contributed by atoms with Crippen molar-refractivity contribution in [2.75, 3.05) is 0 Å². The van der Waals surface area contributed by atoms with Gasteiger partial charge in [-0.1, -0.05) is 5.21 Å². The van der Waals surface area contributed by atoms with Crippen LogP contribution in [0, 0.1) is 0 Å². The Bertz CT molecular complexity index is 445. The molecule has 7 heteroatoms. The number of aromatic nitrogens is 6. The third-order valence-corrected chi connectivity index (χ3v) is 2.64. The smallest absolute Gasteiger partial charge is 0.191 e. The molecule has 0 aliphatic heterocycles. The van der Waals surface area contributed by atoms with Crippen molar-refractivity contribution in [1.82, 2.24) is 35.5 Å². The van der Waals surface area contributed by atoms with Gasteiger partial charge in [-0.15, -0.1) is 10.2 Å². The highest BCUT2D eigenvalue weighted by atomic mass is 15.5. The molecule has 2 aromatic heterocycles. The van der Waals surface area contributed by atoms with Gasteiger partial charge < -0.3 is 9.88 Å². The molecule has 2 aromatic rings. The van der Waals surface area contributed by atoms with Gasteiger partial charge in [0.2, 0.25) is 0 Å². The molecule has 1 unspecified atom stereocenters. The van der Waals surface area contributed by atoms with Gasteiger partial charge in [0.1, 0.15) is 0 Å². The maximum atomic E-state index is 4.16. The summed E-state index contributed by atoms with van der Waals surface area (Å²) in [5.74, 6) is 0.667. The number of rotatable bonds is 5. The number of aromatic amines is 1. The van der Waals surface area contributed by atoms with Crippen LogP contribution in [-0.2, 0) is 6.54 Å². The number of nitrogens with zero attached hydrogens (tertiary/aromatic N) is 5. The summed E-state index contributed by atoms with van der Waals surface area (Å²) in [6, 6.07) is 0.471. The Balaban J connectivity index is 1.96. The van der Waals surface area contributed by atoms with E-state index in [1.54, 1.807) is 0 Å². The van der Waals surface area contributed by atoms with E-state index in [9.17, 15) is 0 Å². The highest BCUT2D eigenvalue weighted by Gasteiger charge is 2.11. The second-order valence-corrected chi connectivity index (χ2v) is 4.26. The molecule has 2 rings (SSSR count). The van der Waals surface area contributed by atoms with Crippen LogP contribution in [0.25, 0.3) is 0 Å². The fraction of sp³-hybridized carbons (Fsp3) is 0.600. The Hall–Kier alpha value is -1.76. The summed E-state index contributed by atoms with van der Waals surface area (Å²) in [7, 11) is 0. The molecule has 0 amide bonds. The highest BCUT2D eigenvalue weighted by molar-refractivity contribution is 5.00. The number of nitrogens with one attached hydrogen (secondary N) is 2. The molecule has 7 nitrogen and oxygen atoms in total. The van der Waals surface area contributed by atoms with Crippen molar-refractivity contribution < 1.29 is 0 Å². The number of hydrogen-bond donors (Lipinski definition) is 2. The fourth-order valence-electron chi connectivity index (χ4n) is 1.64. The number of H-pyrrole nitrogens is 1. The maximum Gasteiger partial charge on any atom is 0.191 e. The first-order valence-electron chi connectivity index (χ1n) is 5.66. The molecule has 2 heterocycles. The highest BCUT2D eigenvalue weighted by Crippen LogP contribution is 2.10. The Labute approximate surface area is 99.6 Å². The fourth-order valence-corrected chi connectivity index (χ4v) is 1.64. The number of tetrazole rings is 1. The van der Waals surface area contributed by atoms with Gasteiger partial charge >= 0.3 is 0 Å². The number of hydrogen-bond acceptors (Lipinski definition) is 5. The average Bonchev–Trinajstić information content (AvgIpc) is 2.96. The van der Waals surface area contributed by atoms with Crippen LogP contribution in [0.5, 0.6) is 0 Å². The van der Waals surface area contributed by atoms with E-state index in [2.05, 4.69) is 49.3 Å². The summed E-state index contributed by atoms with van der Waals surface area (Å²) in [4.78, 5) is 4.16. The minimum Gasteiger partial charge on any atom is -0.331 e.